The highest BCUT2D eigenvalue weighted by molar-refractivity contribution is 9.10. The van der Waals surface area contributed by atoms with E-state index in [1.807, 2.05) is 24.3 Å². The summed E-state index contributed by atoms with van der Waals surface area (Å²) >= 11 is 4.86. The molecule has 1 atom stereocenters. The first-order chi connectivity index (χ1) is 13.9. The van der Waals surface area contributed by atoms with E-state index in [2.05, 4.69) is 46.4 Å². The van der Waals surface area contributed by atoms with Gasteiger partial charge in [-0.3, -0.25) is 9.59 Å². The molecule has 2 aromatic heterocycles. The number of thiophene rings is 1. The first kappa shape index (κ1) is 21.3. The minimum absolute atomic E-state index is 0.119. The molecule has 0 radical (unpaired) electrons. The van der Waals surface area contributed by atoms with Gasteiger partial charge < -0.3 is 14.6 Å². The summed E-state index contributed by atoms with van der Waals surface area (Å²) in [6, 6.07) is 16.7. The average Bonchev–Trinajstić information content (AvgIpc) is 3.33. The minimum Gasteiger partial charge on any atom is -0.444 e. The van der Waals surface area contributed by atoms with Crippen molar-refractivity contribution in [2.45, 2.75) is 32.9 Å². The summed E-state index contributed by atoms with van der Waals surface area (Å²) in [6.07, 6.45) is 0.753. The molecule has 3 aromatic rings. The van der Waals surface area contributed by atoms with Gasteiger partial charge in [0.25, 0.3) is 5.91 Å². The minimum atomic E-state index is -0.664. The number of furan rings is 1. The Hall–Kier alpha value is -2.38. The van der Waals surface area contributed by atoms with Gasteiger partial charge in [0, 0.05) is 16.3 Å². The molecule has 152 valence electrons. The Kier molecular flexibility index (Phi) is 7.28. The smallest absolute Gasteiger partial charge is 0.287 e. The van der Waals surface area contributed by atoms with Crippen molar-refractivity contribution in [2.75, 3.05) is 6.54 Å². The summed E-state index contributed by atoms with van der Waals surface area (Å²) in [4.78, 5) is 29.6. The maximum atomic E-state index is 13.1. The van der Waals surface area contributed by atoms with Crippen LogP contribution in [0.25, 0.3) is 0 Å². The van der Waals surface area contributed by atoms with Crippen LogP contribution in [0.4, 0.5) is 0 Å². The molecule has 3 rings (SSSR count). The van der Waals surface area contributed by atoms with Crippen LogP contribution in [-0.2, 0) is 17.8 Å². The largest absolute Gasteiger partial charge is 0.444 e. The number of hydrogen-bond donors (Lipinski definition) is 1. The molecule has 7 heteroatoms. The van der Waals surface area contributed by atoms with Gasteiger partial charge in [0.1, 0.15) is 6.04 Å². The number of carbonyl (C=O) groups is 2. The van der Waals surface area contributed by atoms with Crippen LogP contribution in [0.15, 0.2) is 63.7 Å². The molecule has 0 spiro atoms. The molecule has 1 N–H and O–H groups in total. The monoisotopic (exact) mass is 474 g/mol. The van der Waals surface area contributed by atoms with Crippen molar-refractivity contribution in [1.29, 1.82) is 0 Å². The van der Waals surface area contributed by atoms with Gasteiger partial charge >= 0.3 is 0 Å². The van der Waals surface area contributed by atoms with Gasteiger partial charge in [-0.05, 0) is 66.0 Å². The van der Waals surface area contributed by atoms with E-state index in [1.54, 1.807) is 35.3 Å². The Morgan fingerprint density at radius 3 is 2.52 bits per heavy atom. The Labute approximate surface area is 182 Å². The van der Waals surface area contributed by atoms with E-state index in [1.165, 1.54) is 10.4 Å². The topological polar surface area (TPSA) is 62.6 Å². The summed E-state index contributed by atoms with van der Waals surface area (Å²) in [5.74, 6) is -0.362. The summed E-state index contributed by atoms with van der Waals surface area (Å²) in [7, 11) is 0. The van der Waals surface area contributed by atoms with Gasteiger partial charge in [-0.15, -0.1) is 11.3 Å². The average molecular weight is 475 g/mol. The van der Waals surface area contributed by atoms with Gasteiger partial charge in [0.05, 0.1) is 6.54 Å². The first-order valence-corrected chi connectivity index (χ1v) is 11.0. The maximum Gasteiger partial charge on any atom is 0.287 e. The number of carbonyl (C=O) groups excluding carboxylic acids is 2. The lowest BCUT2D eigenvalue weighted by Crippen LogP contribution is -2.47. The van der Waals surface area contributed by atoms with Crippen molar-refractivity contribution in [2.24, 2.45) is 0 Å². The third-order valence-corrected chi connectivity index (χ3v) is 5.89. The van der Waals surface area contributed by atoms with Crippen LogP contribution in [0, 0.1) is 6.92 Å². The van der Waals surface area contributed by atoms with E-state index in [4.69, 9.17) is 4.42 Å². The summed E-state index contributed by atoms with van der Waals surface area (Å²) in [6.45, 7) is 4.85. The zero-order valence-electron chi connectivity index (χ0n) is 16.4. The van der Waals surface area contributed by atoms with Gasteiger partial charge in [-0.1, -0.05) is 30.3 Å². The molecule has 1 aromatic carbocycles. The van der Waals surface area contributed by atoms with Crippen molar-refractivity contribution in [3.8, 4) is 0 Å². The number of halogens is 1. The molecule has 0 aliphatic carbocycles. The summed E-state index contributed by atoms with van der Waals surface area (Å²) < 4.78 is 5.74. The number of rotatable bonds is 8. The highest BCUT2D eigenvalue weighted by Gasteiger charge is 2.24. The van der Waals surface area contributed by atoms with E-state index >= 15 is 0 Å². The van der Waals surface area contributed by atoms with Crippen LogP contribution in [0.1, 0.15) is 32.8 Å². The van der Waals surface area contributed by atoms with Crippen molar-refractivity contribution in [3.05, 3.63) is 80.3 Å². The van der Waals surface area contributed by atoms with Gasteiger partial charge in [-0.25, -0.2) is 0 Å². The van der Waals surface area contributed by atoms with Crippen LogP contribution >= 0.6 is 27.3 Å². The summed E-state index contributed by atoms with van der Waals surface area (Å²) in [5, 5.41) is 2.74. The predicted molar refractivity (Wildman–Crippen MR) is 118 cm³/mol. The molecule has 2 amide bonds. The van der Waals surface area contributed by atoms with Crippen LogP contribution in [0.5, 0.6) is 0 Å². The van der Waals surface area contributed by atoms with E-state index in [0.717, 1.165) is 11.3 Å². The van der Waals surface area contributed by atoms with E-state index < -0.39 is 11.9 Å². The molecular formula is C22H23BrN2O3S. The zero-order valence-corrected chi connectivity index (χ0v) is 18.8. The second kappa shape index (κ2) is 9.89. The number of benzene rings is 1. The Morgan fingerprint density at radius 1 is 1.14 bits per heavy atom. The molecule has 1 unspecified atom stereocenters. The fraction of sp³-hybridized carbons (Fsp3) is 0.273. The van der Waals surface area contributed by atoms with E-state index in [9.17, 15) is 9.59 Å². The molecule has 29 heavy (non-hydrogen) atoms. The second-order valence-electron chi connectivity index (χ2n) is 6.81. The molecular weight excluding hydrogens is 452 g/mol. The van der Waals surface area contributed by atoms with Crippen LogP contribution in [0.2, 0.25) is 0 Å². The van der Waals surface area contributed by atoms with Crippen LogP contribution in [0.3, 0.4) is 0 Å². The number of nitrogens with zero attached hydrogens (tertiary/aromatic N) is 1. The van der Waals surface area contributed by atoms with Gasteiger partial charge in [0.15, 0.2) is 10.4 Å². The normalized spacial score (nSPS) is 11.8. The van der Waals surface area contributed by atoms with Crippen LogP contribution in [-0.4, -0.2) is 29.3 Å². The standard InChI is InChI=1S/C22H23BrN2O3S/c1-15-8-9-18(29-15)14-25(13-12-17-6-4-3-5-7-17)22(27)16(2)24-21(26)19-10-11-20(23)28-19/h3-11,16H,12-14H2,1-2H3,(H,24,26). The maximum absolute atomic E-state index is 13.1. The quantitative estimate of drug-likeness (QED) is 0.509. The van der Waals surface area contributed by atoms with Crippen molar-refractivity contribution in [3.63, 3.8) is 0 Å². The third-order valence-electron chi connectivity index (χ3n) is 4.48. The highest BCUT2D eigenvalue weighted by atomic mass is 79.9. The molecule has 0 bridgehead atoms. The van der Waals surface area contributed by atoms with Crippen LogP contribution < -0.4 is 5.32 Å². The third kappa shape index (κ3) is 6.05. The highest BCUT2D eigenvalue weighted by Crippen LogP contribution is 2.18. The lowest BCUT2D eigenvalue weighted by Gasteiger charge is -2.26. The number of nitrogens with one attached hydrogen (secondary N) is 1. The van der Waals surface area contributed by atoms with Gasteiger partial charge in [0.2, 0.25) is 5.91 Å². The van der Waals surface area contributed by atoms with Crippen molar-refractivity contribution < 1.29 is 14.0 Å². The van der Waals surface area contributed by atoms with Gasteiger partial charge in [-0.2, -0.15) is 0 Å². The molecule has 0 saturated heterocycles. The van der Waals surface area contributed by atoms with Crippen molar-refractivity contribution in [1.82, 2.24) is 10.2 Å². The van der Waals surface area contributed by atoms with Crippen molar-refractivity contribution >= 4 is 39.1 Å². The lowest BCUT2D eigenvalue weighted by molar-refractivity contribution is -0.133. The van der Waals surface area contributed by atoms with E-state index in [-0.39, 0.29) is 11.7 Å². The molecule has 5 nitrogen and oxygen atoms in total. The molecule has 0 fully saturated rings. The molecule has 0 aliphatic heterocycles. The fourth-order valence-corrected chi connectivity index (χ4v) is 4.19. The summed E-state index contributed by atoms with van der Waals surface area (Å²) in [5.41, 5.74) is 1.17. The Balaban J connectivity index is 1.68. The number of aryl methyl sites for hydroxylation is 1. The SMILES string of the molecule is Cc1ccc(CN(CCc2ccccc2)C(=O)C(C)NC(=O)c2ccc(Br)o2)s1. The molecule has 2 heterocycles. The predicted octanol–water partition coefficient (Wildman–Crippen LogP) is 4.80. The second-order valence-corrected chi connectivity index (χ2v) is 8.96. The Morgan fingerprint density at radius 2 is 1.90 bits per heavy atom. The number of amides is 2. The van der Waals surface area contributed by atoms with E-state index in [0.29, 0.717) is 17.8 Å². The lowest BCUT2D eigenvalue weighted by atomic mass is 10.1. The molecule has 0 aliphatic rings. The first-order valence-electron chi connectivity index (χ1n) is 9.36. The number of hydrogen-bond acceptors (Lipinski definition) is 4. The molecule has 0 saturated carbocycles. The fourth-order valence-electron chi connectivity index (χ4n) is 2.97. The zero-order chi connectivity index (χ0) is 20.8. The Bertz CT molecular complexity index is 967.